The first-order valence-electron chi connectivity index (χ1n) is 6.06. The Morgan fingerprint density at radius 1 is 1.11 bits per heavy atom. The first-order valence-corrected chi connectivity index (χ1v) is 6.06. The summed E-state index contributed by atoms with van der Waals surface area (Å²) in [6.07, 6.45) is 1.68. The molecule has 3 aromatic rings. The highest BCUT2D eigenvalue weighted by Gasteiger charge is 2.30. The Kier molecular flexibility index (Phi) is 1.75. The van der Waals surface area contributed by atoms with Crippen LogP contribution in [-0.2, 0) is 0 Å². The molecule has 0 radical (unpaired) electrons. The summed E-state index contributed by atoms with van der Waals surface area (Å²) in [6.45, 7) is 1.94. The highest BCUT2D eigenvalue weighted by Crippen LogP contribution is 2.30. The maximum atomic E-state index is 12.5. The molecule has 4 rings (SSSR count). The van der Waals surface area contributed by atoms with Crippen molar-refractivity contribution in [2.75, 3.05) is 0 Å². The van der Waals surface area contributed by atoms with Gasteiger partial charge in [-0.15, -0.1) is 0 Å². The predicted octanol–water partition coefficient (Wildman–Crippen LogP) is 2.31. The summed E-state index contributed by atoms with van der Waals surface area (Å²) in [5.74, 6) is -0.250. The van der Waals surface area contributed by atoms with Crippen LogP contribution in [0.5, 0.6) is 0 Å². The number of hydrogen-bond donors (Lipinski definition) is 1. The molecule has 0 amide bonds. The summed E-state index contributed by atoms with van der Waals surface area (Å²) in [5.41, 5.74) is 3.22. The third-order valence-electron chi connectivity index (χ3n) is 3.68. The monoisotopic (exact) mass is 250 g/mol. The quantitative estimate of drug-likeness (QED) is 0.520. The van der Waals surface area contributed by atoms with Crippen molar-refractivity contribution in [1.29, 1.82) is 0 Å². The Hall–Kier alpha value is -2.62. The Balaban J connectivity index is 2.26. The number of aromatic amines is 1. The molecule has 4 nitrogen and oxygen atoms in total. The van der Waals surface area contributed by atoms with E-state index >= 15 is 0 Å². The van der Waals surface area contributed by atoms with Crippen LogP contribution in [0.2, 0.25) is 0 Å². The fourth-order valence-electron chi connectivity index (χ4n) is 2.74. The second-order valence-corrected chi connectivity index (χ2v) is 4.77. The third kappa shape index (κ3) is 1.13. The number of nitrogens with one attached hydrogen (secondary N) is 1. The lowest BCUT2D eigenvalue weighted by Crippen LogP contribution is -2.17. The number of rotatable bonds is 0. The second kappa shape index (κ2) is 3.23. The van der Waals surface area contributed by atoms with E-state index in [0.29, 0.717) is 11.1 Å². The zero-order valence-corrected chi connectivity index (χ0v) is 10.2. The molecule has 0 fully saturated rings. The molecule has 92 valence electrons. The minimum atomic E-state index is -0.250. The first kappa shape index (κ1) is 10.3. The van der Waals surface area contributed by atoms with Gasteiger partial charge in [0.2, 0.25) is 5.43 Å². The van der Waals surface area contributed by atoms with Crippen LogP contribution in [0.4, 0.5) is 0 Å². The number of aryl methyl sites for hydroxylation is 1. The number of aromatic nitrogens is 2. The highest BCUT2D eigenvalue weighted by molar-refractivity contribution is 6.10. The molecule has 19 heavy (non-hydrogen) atoms. The van der Waals surface area contributed by atoms with Gasteiger partial charge in [-0.05, 0) is 30.7 Å². The first-order chi connectivity index (χ1) is 9.18. The highest BCUT2D eigenvalue weighted by atomic mass is 16.2. The fourth-order valence-corrected chi connectivity index (χ4v) is 2.74. The second-order valence-electron chi connectivity index (χ2n) is 4.77. The molecule has 0 spiro atoms. The zero-order chi connectivity index (χ0) is 13.1. The Labute approximate surface area is 108 Å². The standard InChI is InChI=1S/C15H10N2O2/c1-8-4-2-5-9-12(8)16-13-10-6-3-7-17(10)15(19)11(13)14(9)18/h2-7H,1H3,(H,16,18). The van der Waals surface area contributed by atoms with Crippen molar-refractivity contribution in [3.05, 3.63) is 57.9 Å². The van der Waals surface area contributed by atoms with Crippen molar-refractivity contribution < 1.29 is 4.79 Å². The summed E-state index contributed by atoms with van der Waals surface area (Å²) < 4.78 is 1.51. The van der Waals surface area contributed by atoms with Crippen molar-refractivity contribution >= 4 is 16.8 Å². The number of benzene rings is 1. The van der Waals surface area contributed by atoms with E-state index in [1.54, 1.807) is 18.3 Å². The van der Waals surface area contributed by atoms with Crippen molar-refractivity contribution in [2.24, 2.45) is 0 Å². The number of carbonyl (C=O) groups is 1. The van der Waals surface area contributed by atoms with Gasteiger partial charge in [-0.25, -0.2) is 0 Å². The smallest absolute Gasteiger partial charge is 0.268 e. The van der Waals surface area contributed by atoms with Gasteiger partial charge in [-0.3, -0.25) is 14.2 Å². The van der Waals surface area contributed by atoms with Crippen LogP contribution < -0.4 is 5.43 Å². The van der Waals surface area contributed by atoms with E-state index in [-0.39, 0.29) is 16.9 Å². The molecule has 3 heterocycles. The normalized spacial score (nSPS) is 12.8. The van der Waals surface area contributed by atoms with Crippen LogP contribution >= 0.6 is 0 Å². The third-order valence-corrected chi connectivity index (χ3v) is 3.68. The van der Waals surface area contributed by atoms with Gasteiger partial charge in [0.1, 0.15) is 5.56 Å². The molecular formula is C15H10N2O2. The number of pyridine rings is 1. The van der Waals surface area contributed by atoms with Crippen LogP contribution in [0.15, 0.2) is 41.3 Å². The lowest BCUT2D eigenvalue weighted by atomic mass is 10.1. The van der Waals surface area contributed by atoms with Gasteiger partial charge in [0, 0.05) is 11.6 Å². The summed E-state index contributed by atoms with van der Waals surface area (Å²) in [4.78, 5) is 28.0. The van der Waals surface area contributed by atoms with Crippen molar-refractivity contribution in [3.8, 4) is 11.4 Å². The van der Waals surface area contributed by atoms with E-state index in [9.17, 15) is 9.59 Å². The van der Waals surface area contributed by atoms with Crippen molar-refractivity contribution in [2.45, 2.75) is 6.92 Å². The van der Waals surface area contributed by atoms with Crippen molar-refractivity contribution in [1.82, 2.24) is 9.55 Å². The molecular weight excluding hydrogens is 240 g/mol. The van der Waals surface area contributed by atoms with E-state index in [0.717, 1.165) is 16.8 Å². The van der Waals surface area contributed by atoms with Gasteiger partial charge in [-0.1, -0.05) is 12.1 Å². The van der Waals surface area contributed by atoms with E-state index in [1.807, 2.05) is 25.1 Å². The summed E-state index contributed by atoms with van der Waals surface area (Å²) >= 11 is 0. The van der Waals surface area contributed by atoms with Gasteiger partial charge in [0.15, 0.2) is 0 Å². The molecule has 0 saturated carbocycles. The minimum absolute atomic E-state index is 0.193. The number of nitrogens with zero attached hydrogens (tertiary/aromatic N) is 1. The molecule has 0 atom stereocenters. The van der Waals surface area contributed by atoms with E-state index < -0.39 is 0 Å². The molecule has 0 aliphatic carbocycles. The van der Waals surface area contributed by atoms with Gasteiger partial charge in [-0.2, -0.15) is 0 Å². The van der Waals surface area contributed by atoms with Crippen LogP contribution in [0.25, 0.3) is 22.3 Å². The summed E-state index contributed by atoms with van der Waals surface area (Å²) in [6, 6.07) is 9.17. The van der Waals surface area contributed by atoms with E-state index in [2.05, 4.69) is 4.98 Å². The molecule has 0 bridgehead atoms. The largest absolute Gasteiger partial charge is 0.352 e. The van der Waals surface area contributed by atoms with Crippen LogP contribution in [0.3, 0.4) is 0 Å². The average Bonchev–Trinajstić information content (AvgIpc) is 2.96. The number of fused-ring (bicyclic) bond motifs is 4. The molecule has 1 aromatic carbocycles. The van der Waals surface area contributed by atoms with Crippen LogP contribution in [-0.4, -0.2) is 15.5 Å². The topological polar surface area (TPSA) is 54.9 Å². The summed E-state index contributed by atoms with van der Waals surface area (Å²) in [5, 5.41) is 0.567. The lowest BCUT2D eigenvalue weighted by Gasteiger charge is -2.05. The molecule has 1 N–H and O–H groups in total. The minimum Gasteiger partial charge on any atom is -0.352 e. The maximum Gasteiger partial charge on any atom is 0.268 e. The van der Waals surface area contributed by atoms with Gasteiger partial charge >= 0.3 is 0 Å². The lowest BCUT2D eigenvalue weighted by molar-refractivity contribution is 0.0968. The fraction of sp³-hybridized carbons (Fsp3) is 0.0667. The zero-order valence-electron chi connectivity index (χ0n) is 10.2. The summed E-state index contributed by atoms with van der Waals surface area (Å²) in [7, 11) is 0. The molecule has 4 heteroatoms. The molecule has 0 unspecified atom stereocenters. The van der Waals surface area contributed by atoms with E-state index in [1.165, 1.54) is 4.57 Å². The van der Waals surface area contributed by atoms with Gasteiger partial charge in [0.05, 0.1) is 16.9 Å². The van der Waals surface area contributed by atoms with E-state index in [4.69, 9.17) is 0 Å². The molecule has 1 aliphatic rings. The predicted molar refractivity (Wildman–Crippen MR) is 72.5 cm³/mol. The maximum absolute atomic E-state index is 12.5. The van der Waals surface area contributed by atoms with Crippen LogP contribution in [0.1, 0.15) is 15.9 Å². The SMILES string of the molecule is Cc1cccc2c(=O)c3c([nH]c12)-c1cccn1C3=O. The molecule has 2 aromatic heterocycles. The number of para-hydroxylation sites is 1. The van der Waals surface area contributed by atoms with Gasteiger partial charge < -0.3 is 4.98 Å². The van der Waals surface area contributed by atoms with Crippen molar-refractivity contribution in [3.63, 3.8) is 0 Å². The number of hydrogen-bond acceptors (Lipinski definition) is 2. The Morgan fingerprint density at radius 3 is 2.79 bits per heavy atom. The Morgan fingerprint density at radius 2 is 1.95 bits per heavy atom. The number of H-pyrrole nitrogens is 1. The molecule has 1 aliphatic heterocycles. The van der Waals surface area contributed by atoms with Gasteiger partial charge in [0.25, 0.3) is 5.91 Å². The number of carbonyl (C=O) groups excluding carboxylic acids is 1. The van der Waals surface area contributed by atoms with Crippen LogP contribution in [0, 0.1) is 6.92 Å². The Bertz CT molecular complexity index is 916. The average molecular weight is 250 g/mol. The molecule has 0 saturated heterocycles.